The monoisotopic (exact) mass is 469 g/mol. The van der Waals surface area contributed by atoms with Crippen LogP contribution in [0.5, 0.6) is 0 Å². The molecule has 2 aliphatic rings. The molecule has 178 valence electrons. The maximum absolute atomic E-state index is 12.5. The molecule has 3 heterocycles. The predicted molar refractivity (Wildman–Crippen MR) is 135 cm³/mol. The van der Waals surface area contributed by atoms with Crippen molar-refractivity contribution < 1.29 is 4.79 Å². The molecule has 0 bridgehead atoms. The Bertz CT molecular complexity index is 899. The highest BCUT2D eigenvalue weighted by Crippen LogP contribution is 2.28. The van der Waals surface area contributed by atoms with Crippen LogP contribution in [0.25, 0.3) is 0 Å². The number of piperidine rings is 1. The molecule has 4 rings (SSSR count). The predicted octanol–water partition coefficient (Wildman–Crippen LogP) is 3.41. The van der Waals surface area contributed by atoms with Gasteiger partial charge < -0.3 is 9.80 Å². The Balaban J connectivity index is 1.47. The van der Waals surface area contributed by atoms with E-state index in [9.17, 15) is 4.79 Å². The Morgan fingerprint density at radius 3 is 2.45 bits per heavy atom. The molecule has 2 aliphatic heterocycles. The normalized spacial score (nSPS) is 23.0. The first-order valence-electron chi connectivity index (χ1n) is 12.0. The van der Waals surface area contributed by atoms with Crippen LogP contribution in [0.15, 0.2) is 48.7 Å². The number of hydrogen-bond donors (Lipinski definition) is 0. The van der Waals surface area contributed by atoms with Gasteiger partial charge in [0.05, 0.1) is 6.54 Å². The molecule has 0 radical (unpaired) electrons. The van der Waals surface area contributed by atoms with Gasteiger partial charge in [-0.3, -0.25) is 14.6 Å². The first-order chi connectivity index (χ1) is 15.9. The fourth-order valence-electron chi connectivity index (χ4n) is 5.15. The molecule has 0 spiro atoms. The lowest BCUT2D eigenvalue weighted by atomic mass is 9.94. The van der Waals surface area contributed by atoms with Gasteiger partial charge in [-0.05, 0) is 56.0 Å². The van der Waals surface area contributed by atoms with Crippen LogP contribution >= 0.6 is 11.6 Å². The van der Waals surface area contributed by atoms with Crippen molar-refractivity contribution in [1.82, 2.24) is 19.7 Å². The summed E-state index contributed by atoms with van der Waals surface area (Å²) in [5, 5.41) is 0.771. The van der Waals surface area contributed by atoms with Gasteiger partial charge in [-0.15, -0.1) is 0 Å². The molecule has 6 nitrogen and oxygen atoms in total. The molecule has 0 N–H and O–H groups in total. The van der Waals surface area contributed by atoms with E-state index in [0.717, 1.165) is 56.3 Å². The highest BCUT2D eigenvalue weighted by Gasteiger charge is 2.37. The number of benzene rings is 1. The molecule has 7 heteroatoms. The molecule has 2 fully saturated rings. The average Bonchev–Trinajstić information content (AvgIpc) is 2.83. The minimum Gasteiger partial charge on any atom is -0.357 e. The molecule has 2 saturated heterocycles. The topological polar surface area (TPSA) is 42.9 Å². The molecule has 1 aromatic carbocycles. The summed E-state index contributed by atoms with van der Waals surface area (Å²) >= 11 is 6.13. The highest BCUT2D eigenvalue weighted by atomic mass is 35.5. The number of amides is 1. The van der Waals surface area contributed by atoms with E-state index in [0.29, 0.717) is 24.7 Å². The summed E-state index contributed by atoms with van der Waals surface area (Å²) in [5.41, 5.74) is 1.30. The molecule has 0 aliphatic carbocycles. The second-order valence-corrected chi connectivity index (χ2v) is 10.1. The Labute approximate surface area is 203 Å². The summed E-state index contributed by atoms with van der Waals surface area (Å²) in [6.45, 7) is 6.71. The van der Waals surface area contributed by atoms with E-state index in [2.05, 4.69) is 50.9 Å². The van der Waals surface area contributed by atoms with Crippen LogP contribution in [0.4, 0.5) is 5.82 Å². The number of nitrogens with zero attached hydrogens (tertiary/aromatic N) is 5. The summed E-state index contributed by atoms with van der Waals surface area (Å²) in [5.74, 6) is 1.25. The van der Waals surface area contributed by atoms with Crippen LogP contribution in [0.3, 0.4) is 0 Å². The zero-order valence-corrected chi connectivity index (χ0v) is 20.8. The van der Waals surface area contributed by atoms with Crippen LogP contribution < -0.4 is 4.90 Å². The second kappa shape index (κ2) is 10.9. The molecular weight excluding hydrogens is 434 g/mol. The first kappa shape index (κ1) is 24.0. The molecule has 0 unspecified atom stereocenters. The number of anilines is 1. The van der Waals surface area contributed by atoms with Crippen molar-refractivity contribution in [3.05, 3.63) is 59.2 Å². The molecular formula is C26H36ClN5O. The third kappa shape index (κ3) is 6.05. The van der Waals surface area contributed by atoms with Crippen molar-refractivity contribution in [3.63, 3.8) is 0 Å². The van der Waals surface area contributed by atoms with Gasteiger partial charge in [-0.1, -0.05) is 29.8 Å². The van der Waals surface area contributed by atoms with Gasteiger partial charge >= 0.3 is 0 Å². The third-order valence-corrected chi connectivity index (χ3v) is 7.39. The second-order valence-electron chi connectivity index (χ2n) is 9.65. The van der Waals surface area contributed by atoms with E-state index >= 15 is 0 Å². The third-order valence-electron chi connectivity index (χ3n) is 7.14. The minimum absolute atomic E-state index is 0.171. The van der Waals surface area contributed by atoms with Gasteiger partial charge in [-0.2, -0.15) is 0 Å². The lowest BCUT2D eigenvalue weighted by Crippen LogP contribution is -2.63. The van der Waals surface area contributed by atoms with Gasteiger partial charge in [0.25, 0.3) is 0 Å². The summed E-state index contributed by atoms with van der Waals surface area (Å²) < 4.78 is 0. The highest BCUT2D eigenvalue weighted by molar-refractivity contribution is 6.30. The fraction of sp³-hybridized carbons (Fsp3) is 0.538. The first-order valence-corrected chi connectivity index (χ1v) is 12.4. The number of aromatic nitrogens is 1. The number of pyridine rings is 1. The fourth-order valence-corrected chi connectivity index (χ4v) is 5.28. The number of hydrogen-bond acceptors (Lipinski definition) is 5. The standard InChI is InChI=1S/C26H36ClN5O/c1-20-17-32(23-11-14-30(15-12-23)25-6-4-5-13-28-25)24(16-21-7-9-22(27)10-8-21)18-31(20)19-26(33)29(2)3/h4-10,13,20,23-24H,11-12,14-19H2,1-3H3/t20-,24-/m0/s1. The molecule has 33 heavy (non-hydrogen) atoms. The number of carbonyl (C=O) groups excluding carboxylic acids is 1. The minimum atomic E-state index is 0.171. The van der Waals surface area contributed by atoms with Gasteiger partial charge in [-0.25, -0.2) is 4.98 Å². The largest absolute Gasteiger partial charge is 0.357 e. The van der Waals surface area contributed by atoms with Crippen LogP contribution in [0.2, 0.25) is 5.02 Å². The summed E-state index contributed by atoms with van der Waals surface area (Å²) in [7, 11) is 3.67. The van der Waals surface area contributed by atoms with E-state index in [1.807, 2.05) is 38.5 Å². The summed E-state index contributed by atoms with van der Waals surface area (Å²) in [6, 6.07) is 15.6. The Morgan fingerprint density at radius 1 is 1.09 bits per heavy atom. The van der Waals surface area contributed by atoms with Crippen molar-refractivity contribution in [1.29, 1.82) is 0 Å². The Hall–Kier alpha value is -2.15. The van der Waals surface area contributed by atoms with Crippen molar-refractivity contribution in [3.8, 4) is 0 Å². The number of piperazine rings is 1. The van der Waals surface area contributed by atoms with Crippen LogP contribution in [0, 0.1) is 0 Å². The van der Waals surface area contributed by atoms with Gasteiger partial charge in [0.2, 0.25) is 5.91 Å². The van der Waals surface area contributed by atoms with Crippen molar-refractivity contribution >= 4 is 23.3 Å². The Kier molecular flexibility index (Phi) is 7.89. The zero-order chi connectivity index (χ0) is 23.4. The number of likely N-dealkylation sites (N-methyl/N-ethyl adjacent to an activating group) is 1. The van der Waals surface area contributed by atoms with Crippen molar-refractivity contribution in [2.45, 2.75) is 44.3 Å². The van der Waals surface area contributed by atoms with Gasteiger partial charge in [0.15, 0.2) is 0 Å². The van der Waals surface area contributed by atoms with Crippen LogP contribution in [-0.2, 0) is 11.2 Å². The number of carbonyl (C=O) groups is 1. The van der Waals surface area contributed by atoms with Crippen LogP contribution in [0.1, 0.15) is 25.3 Å². The lowest BCUT2D eigenvalue weighted by Gasteiger charge is -2.50. The van der Waals surface area contributed by atoms with E-state index < -0.39 is 0 Å². The van der Waals surface area contributed by atoms with E-state index in [4.69, 9.17) is 11.6 Å². The SMILES string of the molecule is C[C@H]1CN(C2CCN(c3ccccn3)CC2)[C@@H](Cc2ccc(Cl)cc2)CN1CC(=O)N(C)C. The van der Waals surface area contributed by atoms with Crippen LogP contribution in [-0.4, -0.2) is 90.5 Å². The molecule has 0 saturated carbocycles. The molecule has 2 aromatic rings. The van der Waals surface area contributed by atoms with Crippen molar-refractivity contribution in [2.75, 3.05) is 51.7 Å². The maximum Gasteiger partial charge on any atom is 0.236 e. The van der Waals surface area contributed by atoms with Crippen molar-refractivity contribution in [2.24, 2.45) is 0 Å². The lowest BCUT2D eigenvalue weighted by molar-refractivity contribution is -0.131. The van der Waals surface area contributed by atoms with Gasteiger partial charge in [0, 0.05) is 69.6 Å². The average molecular weight is 470 g/mol. The number of halogens is 1. The van der Waals surface area contributed by atoms with E-state index in [1.165, 1.54) is 5.56 Å². The van der Waals surface area contributed by atoms with E-state index in [1.54, 1.807) is 4.90 Å². The summed E-state index contributed by atoms with van der Waals surface area (Å²) in [4.78, 5) is 26.2. The number of rotatable bonds is 6. The maximum atomic E-state index is 12.5. The quantitative estimate of drug-likeness (QED) is 0.648. The smallest absolute Gasteiger partial charge is 0.236 e. The molecule has 2 atom stereocenters. The summed E-state index contributed by atoms with van der Waals surface area (Å²) in [6.07, 6.45) is 5.12. The van der Waals surface area contributed by atoms with E-state index in [-0.39, 0.29) is 5.91 Å². The van der Waals surface area contributed by atoms with Gasteiger partial charge in [0.1, 0.15) is 5.82 Å². The molecule has 1 amide bonds. The zero-order valence-electron chi connectivity index (χ0n) is 20.0. The molecule has 1 aromatic heterocycles. The Morgan fingerprint density at radius 2 is 1.82 bits per heavy atom.